The van der Waals surface area contributed by atoms with Crippen LogP contribution < -0.4 is 5.32 Å². The number of nitrogens with zero attached hydrogens (tertiary/aromatic N) is 1. The summed E-state index contributed by atoms with van der Waals surface area (Å²) in [5.41, 5.74) is 1.12. The maximum atomic E-state index is 5.16. The van der Waals surface area contributed by atoms with Crippen LogP contribution in [0.4, 0.5) is 0 Å². The standard InChI is InChI=1S/C11H17BrN2O2/c1-8(11(15-2)16-3)14-6-9-4-10(12)7-13-5-9/h4-5,7-8,11,14H,6H2,1-3H3. The molecule has 1 rings (SSSR count). The quantitative estimate of drug-likeness (QED) is 0.813. The van der Waals surface area contributed by atoms with Gasteiger partial charge in [-0.2, -0.15) is 0 Å². The average Bonchev–Trinajstić information content (AvgIpc) is 2.28. The number of ether oxygens (including phenoxy) is 2. The van der Waals surface area contributed by atoms with Crippen molar-refractivity contribution in [1.29, 1.82) is 0 Å². The molecule has 0 aliphatic carbocycles. The fraction of sp³-hybridized carbons (Fsp3) is 0.545. The zero-order chi connectivity index (χ0) is 12.0. The lowest BCUT2D eigenvalue weighted by Gasteiger charge is -2.22. The van der Waals surface area contributed by atoms with Crippen LogP contribution in [0.15, 0.2) is 22.9 Å². The van der Waals surface area contributed by atoms with E-state index in [4.69, 9.17) is 9.47 Å². The van der Waals surface area contributed by atoms with E-state index in [0.717, 1.165) is 16.6 Å². The summed E-state index contributed by atoms with van der Waals surface area (Å²) in [6.45, 7) is 2.75. The lowest BCUT2D eigenvalue weighted by molar-refractivity contribution is -0.119. The second-order valence-corrected chi connectivity index (χ2v) is 4.44. The highest BCUT2D eigenvalue weighted by Crippen LogP contribution is 2.09. The summed E-state index contributed by atoms with van der Waals surface area (Å²) in [5, 5.41) is 3.32. The van der Waals surface area contributed by atoms with Gasteiger partial charge in [0.25, 0.3) is 0 Å². The summed E-state index contributed by atoms with van der Waals surface area (Å²) in [7, 11) is 3.26. The van der Waals surface area contributed by atoms with Gasteiger partial charge in [-0.1, -0.05) is 0 Å². The summed E-state index contributed by atoms with van der Waals surface area (Å²) < 4.78 is 11.3. The minimum Gasteiger partial charge on any atom is -0.354 e. The first-order valence-electron chi connectivity index (χ1n) is 5.05. The first-order chi connectivity index (χ1) is 7.67. The van der Waals surface area contributed by atoms with Crippen LogP contribution in [0.5, 0.6) is 0 Å². The van der Waals surface area contributed by atoms with Crippen LogP contribution in [0.1, 0.15) is 12.5 Å². The van der Waals surface area contributed by atoms with Gasteiger partial charge in [-0.15, -0.1) is 0 Å². The van der Waals surface area contributed by atoms with E-state index in [-0.39, 0.29) is 12.3 Å². The Morgan fingerprint density at radius 3 is 2.62 bits per heavy atom. The highest BCUT2D eigenvalue weighted by molar-refractivity contribution is 9.10. The molecule has 90 valence electrons. The summed E-state index contributed by atoms with van der Waals surface area (Å²) in [4.78, 5) is 4.10. The Balaban J connectivity index is 2.45. The van der Waals surface area contributed by atoms with Gasteiger partial charge in [0.1, 0.15) is 0 Å². The fourth-order valence-electron chi connectivity index (χ4n) is 1.43. The van der Waals surface area contributed by atoms with Crippen molar-refractivity contribution in [3.05, 3.63) is 28.5 Å². The molecule has 0 fully saturated rings. The average molecular weight is 289 g/mol. The summed E-state index contributed by atoms with van der Waals surface area (Å²) in [5.74, 6) is 0. The minimum atomic E-state index is -0.236. The number of rotatable bonds is 6. The molecule has 1 heterocycles. The normalized spacial score (nSPS) is 13.1. The third-order valence-electron chi connectivity index (χ3n) is 2.26. The van der Waals surface area contributed by atoms with Gasteiger partial charge < -0.3 is 14.8 Å². The molecule has 0 saturated heterocycles. The van der Waals surface area contributed by atoms with Gasteiger partial charge >= 0.3 is 0 Å². The maximum absolute atomic E-state index is 5.16. The van der Waals surface area contributed by atoms with Crippen molar-refractivity contribution in [1.82, 2.24) is 10.3 Å². The third-order valence-corrected chi connectivity index (χ3v) is 2.70. The molecule has 1 aromatic rings. The Bertz CT molecular complexity index is 319. The molecule has 0 radical (unpaired) electrons. The largest absolute Gasteiger partial charge is 0.354 e. The van der Waals surface area contributed by atoms with Gasteiger partial charge in [-0.05, 0) is 34.5 Å². The predicted molar refractivity (Wildman–Crippen MR) is 66.0 cm³/mol. The van der Waals surface area contributed by atoms with Crippen LogP contribution >= 0.6 is 15.9 Å². The van der Waals surface area contributed by atoms with Gasteiger partial charge in [0.2, 0.25) is 0 Å². The van der Waals surface area contributed by atoms with Gasteiger partial charge in [-0.3, -0.25) is 4.98 Å². The van der Waals surface area contributed by atoms with Crippen molar-refractivity contribution < 1.29 is 9.47 Å². The van der Waals surface area contributed by atoms with Crippen LogP contribution in [-0.2, 0) is 16.0 Å². The van der Waals surface area contributed by atoms with Crippen molar-refractivity contribution in [3.63, 3.8) is 0 Å². The summed E-state index contributed by atoms with van der Waals surface area (Å²) in [6.07, 6.45) is 3.36. The molecule has 5 heteroatoms. The zero-order valence-corrected chi connectivity index (χ0v) is 11.3. The lowest BCUT2D eigenvalue weighted by atomic mass is 10.2. The molecule has 0 aliphatic rings. The molecule has 0 saturated carbocycles. The van der Waals surface area contributed by atoms with E-state index < -0.39 is 0 Å². The highest BCUT2D eigenvalue weighted by Gasteiger charge is 2.14. The van der Waals surface area contributed by atoms with Crippen molar-refractivity contribution in [2.45, 2.75) is 25.8 Å². The Labute approximate surface area is 104 Å². The zero-order valence-electron chi connectivity index (χ0n) is 9.74. The third kappa shape index (κ3) is 4.17. The Kier molecular flexibility index (Phi) is 5.90. The van der Waals surface area contributed by atoms with Gasteiger partial charge in [-0.25, -0.2) is 0 Å². The van der Waals surface area contributed by atoms with E-state index in [1.807, 2.05) is 19.2 Å². The first-order valence-corrected chi connectivity index (χ1v) is 5.85. The molecular weight excluding hydrogens is 272 g/mol. The van der Waals surface area contributed by atoms with Crippen molar-refractivity contribution in [2.75, 3.05) is 14.2 Å². The van der Waals surface area contributed by atoms with E-state index in [1.54, 1.807) is 20.4 Å². The lowest BCUT2D eigenvalue weighted by Crippen LogP contribution is -2.39. The second kappa shape index (κ2) is 6.96. The Hall–Kier alpha value is -0.490. The smallest absolute Gasteiger partial charge is 0.171 e. The molecule has 0 spiro atoms. The van der Waals surface area contributed by atoms with Crippen molar-refractivity contribution in [2.24, 2.45) is 0 Å². The van der Waals surface area contributed by atoms with Crippen LogP contribution in [0.2, 0.25) is 0 Å². The highest BCUT2D eigenvalue weighted by atomic mass is 79.9. The molecular formula is C11H17BrN2O2. The molecule has 1 aromatic heterocycles. The molecule has 1 N–H and O–H groups in total. The number of nitrogens with one attached hydrogen (secondary N) is 1. The van der Waals surface area contributed by atoms with Crippen molar-refractivity contribution in [3.8, 4) is 0 Å². The predicted octanol–water partition coefficient (Wildman–Crippen LogP) is 1.94. The molecule has 0 aromatic carbocycles. The van der Waals surface area contributed by atoms with E-state index in [2.05, 4.69) is 26.2 Å². The summed E-state index contributed by atoms with van der Waals surface area (Å²) in [6, 6.07) is 2.15. The number of halogens is 1. The van der Waals surface area contributed by atoms with E-state index >= 15 is 0 Å². The molecule has 16 heavy (non-hydrogen) atoms. The minimum absolute atomic E-state index is 0.119. The van der Waals surface area contributed by atoms with Crippen LogP contribution in [0.3, 0.4) is 0 Å². The number of aromatic nitrogens is 1. The molecule has 1 unspecified atom stereocenters. The Morgan fingerprint density at radius 2 is 2.06 bits per heavy atom. The number of hydrogen-bond acceptors (Lipinski definition) is 4. The molecule has 4 nitrogen and oxygen atoms in total. The fourth-order valence-corrected chi connectivity index (χ4v) is 1.84. The maximum Gasteiger partial charge on any atom is 0.171 e. The van der Waals surface area contributed by atoms with Crippen molar-refractivity contribution >= 4 is 15.9 Å². The first kappa shape index (κ1) is 13.6. The van der Waals surface area contributed by atoms with Crippen LogP contribution in [-0.4, -0.2) is 31.5 Å². The molecule has 0 bridgehead atoms. The topological polar surface area (TPSA) is 43.4 Å². The van der Waals surface area contributed by atoms with Crippen LogP contribution in [0.25, 0.3) is 0 Å². The van der Waals surface area contributed by atoms with Gasteiger partial charge in [0.15, 0.2) is 6.29 Å². The van der Waals surface area contributed by atoms with Gasteiger partial charge in [0, 0.05) is 37.6 Å². The summed E-state index contributed by atoms with van der Waals surface area (Å²) >= 11 is 3.39. The molecule has 0 aliphatic heterocycles. The SMILES string of the molecule is COC(OC)C(C)NCc1cncc(Br)c1. The van der Waals surface area contributed by atoms with Crippen LogP contribution in [0, 0.1) is 0 Å². The molecule has 1 atom stereocenters. The number of methoxy groups -OCH3 is 2. The number of hydrogen-bond donors (Lipinski definition) is 1. The Morgan fingerprint density at radius 1 is 1.38 bits per heavy atom. The monoisotopic (exact) mass is 288 g/mol. The van der Waals surface area contributed by atoms with E-state index in [9.17, 15) is 0 Å². The number of pyridine rings is 1. The molecule has 0 amide bonds. The van der Waals surface area contributed by atoms with E-state index in [1.165, 1.54) is 0 Å². The van der Waals surface area contributed by atoms with E-state index in [0.29, 0.717) is 0 Å². The second-order valence-electron chi connectivity index (χ2n) is 3.52. The van der Waals surface area contributed by atoms with Gasteiger partial charge in [0.05, 0.1) is 6.04 Å².